The molecule has 10 heteroatoms. The molecule has 9 nitrogen and oxygen atoms in total. The third-order valence-corrected chi connectivity index (χ3v) is 6.11. The van der Waals surface area contributed by atoms with Gasteiger partial charge in [0.25, 0.3) is 5.91 Å². The van der Waals surface area contributed by atoms with Gasteiger partial charge in [-0.1, -0.05) is 50.6 Å². The summed E-state index contributed by atoms with van der Waals surface area (Å²) in [4.78, 5) is 37.8. The molecule has 0 radical (unpaired) electrons. The molecule has 0 bridgehead atoms. The lowest BCUT2D eigenvalue weighted by atomic mass is 10.0. The minimum Gasteiger partial charge on any atom is -0.344 e. The molecular formula is C20H32N4O5S. The Labute approximate surface area is 178 Å². The molecule has 3 atom stereocenters. The van der Waals surface area contributed by atoms with Crippen LogP contribution in [-0.2, 0) is 24.4 Å². The zero-order chi connectivity index (χ0) is 22.7. The number of ketones is 1. The van der Waals surface area contributed by atoms with Gasteiger partial charge in [0.15, 0.2) is 0 Å². The third-order valence-electron chi connectivity index (χ3n) is 4.71. The van der Waals surface area contributed by atoms with E-state index in [0.29, 0.717) is 12.8 Å². The highest BCUT2D eigenvalue weighted by Gasteiger charge is 2.31. The predicted molar refractivity (Wildman–Crippen MR) is 115 cm³/mol. The number of nitrogens with one attached hydrogen (secondary N) is 4. The molecule has 0 aliphatic carbocycles. The maximum Gasteiger partial charge on any atom is 0.290 e. The Bertz CT molecular complexity index is 814. The maximum absolute atomic E-state index is 12.7. The summed E-state index contributed by atoms with van der Waals surface area (Å²) in [5.41, 5.74) is 0.879. The number of Topliss-reactive ketones (excluding diaryl/α,β-unsaturated/α-hetero) is 1. The Hall–Kier alpha value is -2.30. The topological polar surface area (TPSA) is 133 Å². The van der Waals surface area contributed by atoms with Crippen molar-refractivity contribution in [2.24, 2.45) is 0 Å². The van der Waals surface area contributed by atoms with E-state index in [2.05, 4.69) is 20.7 Å². The lowest BCUT2D eigenvalue weighted by Gasteiger charge is -2.22. The summed E-state index contributed by atoms with van der Waals surface area (Å²) < 4.78 is 25.7. The highest BCUT2D eigenvalue weighted by molar-refractivity contribution is 7.89. The van der Waals surface area contributed by atoms with Gasteiger partial charge in [0, 0.05) is 0 Å². The molecule has 1 aromatic rings. The smallest absolute Gasteiger partial charge is 0.290 e. The number of amides is 2. The van der Waals surface area contributed by atoms with E-state index in [0.717, 1.165) is 5.56 Å². The normalized spacial score (nSPS) is 14.4. The fraction of sp³-hybridized carbons (Fsp3) is 0.550. The Balaban J connectivity index is 2.88. The van der Waals surface area contributed by atoms with Crippen LogP contribution in [-0.4, -0.2) is 57.9 Å². The quantitative estimate of drug-likeness (QED) is 0.325. The molecule has 0 aromatic heterocycles. The van der Waals surface area contributed by atoms with Crippen molar-refractivity contribution in [1.82, 2.24) is 20.7 Å². The number of hydrogen-bond acceptors (Lipinski definition) is 6. The Morgan fingerprint density at radius 1 is 0.967 bits per heavy atom. The Morgan fingerprint density at radius 3 is 2.10 bits per heavy atom. The number of benzene rings is 1. The number of rotatable bonds is 13. The van der Waals surface area contributed by atoms with Crippen LogP contribution in [0.5, 0.6) is 0 Å². The van der Waals surface area contributed by atoms with Crippen molar-refractivity contribution < 1.29 is 22.8 Å². The molecule has 0 saturated carbocycles. The van der Waals surface area contributed by atoms with Gasteiger partial charge in [-0.05, 0) is 32.5 Å². The largest absolute Gasteiger partial charge is 0.344 e. The van der Waals surface area contributed by atoms with E-state index >= 15 is 0 Å². The van der Waals surface area contributed by atoms with Gasteiger partial charge in [0.05, 0.1) is 17.8 Å². The molecule has 0 aliphatic heterocycles. The van der Waals surface area contributed by atoms with Gasteiger partial charge >= 0.3 is 0 Å². The van der Waals surface area contributed by atoms with Crippen LogP contribution >= 0.6 is 0 Å². The van der Waals surface area contributed by atoms with Gasteiger partial charge in [0.1, 0.15) is 6.04 Å². The second kappa shape index (κ2) is 12.4. The molecule has 0 saturated heterocycles. The van der Waals surface area contributed by atoms with E-state index in [1.165, 1.54) is 14.1 Å². The van der Waals surface area contributed by atoms with Gasteiger partial charge in [0.2, 0.25) is 21.7 Å². The lowest BCUT2D eigenvalue weighted by Crippen LogP contribution is -2.54. The minimum atomic E-state index is -3.65. The van der Waals surface area contributed by atoms with Crippen molar-refractivity contribution in [1.29, 1.82) is 0 Å². The first-order valence-corrected chi connectivity index (χ1v) is 11.6. The van der Waals surface area contributed by atoms with Crippen molar-refractivity contribution in [2.45, 2.75) is 51.2 Å². The molecule has 4 N–H and O–H groups in total. The summed E-state index contributed by atoms with van der Waals surface area (Å²) in [6.45, 7) is 3.72. The summed E-state index contributed by atoms with van der Waals surface area (Å²) in [6.07, 6.45) is 1.41. The molecule has 0 aliphatic rings. The van der Waals surface area contributed by atoms with E-state index in [9.17, 15) is 22.8 Å². The molecule has 1 rings (SSSR count). The van der Waals surface area contributed by atoms with E-state index in [4.69, 9.17) is 0 Å². The van der Waals surface area contributed by atoms with Gasteiger partial charge in [-0.2, -0.15) is 0 Å². The van der Waals surface area contributed by atoms with Crippen LogP contribution < -0.4 is 20.7 Å². The number of likely N-dealkylation sites (N-methyl/N-ethyl adjacent to an activating group) is 1. The molecule has 0 fully saturated rings. The second-order valence-electron chi connectivity index (χ2n) is 6.89. The summed E-state index contributed by atoms with van der Waals surface area (Å²) in [5.74, 6) is -2.69. The van der Waals surface area contributed by atoms with E-state index < -0.39 is 45.5 Å². The first kappa shape index (κ1) is 25.7. The van der Waals surface area contributed by atoms with Crippen LogP contribution in [0.4, 0.5) is 0 Å². The van der Waals surface area contributed by atoms with Gasteiger partial charge in [-0.25, -0.2) is 13.1 Å². The van der Waals surface area contributed by atoms with Crippen LogP contribution in [0.15, 0.2) is 30.3 Å². The van der Waals surface area contributed by atoms with Crippen LogP contribution in [0.1, 0.15) is 44.7 Å². The van der Waals surface area contributed by atoms with E-state index in [1.54, 1.807) is 0 Å². The van der Waals surface area contributed by atoms with E-state index in [1.807, 2.05) is 44.2 Å². The number of sulfonamides is 1. The molecule has 2 amide bonds. The molecule has 30 heavy (non-hydrogen) atoms. The SMILES string of the molecule is CCCC(NC(=O)[C@H](CS(=O)(=O)NC)NC)C(=O)C(=O)N[C@H](CC)c1ccccc1. The Morgan fingerprint density at radius 2 is 1.60 bits per heavy atom. The summed E-state index contributed by atoms with van der Waals surface area (Å²) in [6, 6.07) is 6.86. The number of carbonyl (C=O) groups is 3. The minimum absolute atomic E-state index is 0.259. The van der Waals surface area contributed by atoms with Crippen molar-refractivity contribution in [3.8, 4) is 0 Å². The molecule has 1 aromatic carbocycles. The summed E-state index contributed by atoms with van der Waals surface area (Å²) in [5, 5.41) is 7.88. The van der Waals surface area contributed by atoms with Gasteiger partial charge in [-0.15, -0.1) is 0 Å². The maximum atomic E-state index is 12.7. The highest BCUT2D eigenvalue weighted by atomic mass is 32.2. The first-order chi connectivity index (χ1) is 14.2. The molecule has 0 spiro atoms. The highest BCUT2D eigenvalue weighted by Crippen LogP contribution is 2.16. The monoisotopic (exact) mass is 440 g/mol. The zero-order valence-corrected chi connectivity index (χ0v) is 18.7. The molecular weight excluding hydrogens is 408 g/mol. The fourth-order valence-electron chi connectivity index (χ4n) is 2.92. The number of carbonyl (C=O) groups excluding carboxylic acids is 3. The van der Waals surface area contributed by atoms with Crippen molar-refractivity contribution in [3.63, 3.8) is 0 Å². The van der Waals surface area contributed by atoms with Crippen LogP contribution in [0.2, 0.25) is 0 Å². The third kappa shape index (κ3) is 7.85. The zero-order valence-electron chi connectivity index (χ0n) is 17.9. The molecule has 0 heterocycles. The summed E-state index contributed by atoms with van der Waals surface area (Å²) in [7, 11) is -0.945. The average Bonchev–Trinajstić information content (AvgIpc) is 2.75. The summed E-state index contributed by atoms with van der Waals surface area (Å²) >= 11 is 0. The number of hydrogen-bond donors (Lipinski definition) is 4. The first-order valence-electron chi connectivity index (χ1n) is 9.97. The van der Waals surface area contributed by atoms with Gasteiger partial charge in [-0.3, -0.25) is 14.4 Å². The fourth-order valence-corrected chi connectivity index (χ4v) is 3.84. The second-order valence-corrected chi connectivity index (χ2v) is 8.86. The van der Waals surface area contributed by atoms with Crippen LogP contribution in [0.3, 0.4) is 0 Å². The van der Waals surface area contributed by atoms with Crippen molar-refractivity contribution >= 4 is 27.6 Å². The average molecular weight is 441 g/mol. The van der Waals surface area contributed by atoms with E-state index in [-0.39, 0.29) is 12.5 Å². The van der Waals surface area contributed by atoms with Crippen LogP contribution in [0.25, 0.3) is 0 Å². The lowest BCUT2D eigenvalue weighted by molar-refractivity contribution is -0.140. The van der Waals surface area contributed by atoms with Crippen molar-refractivity contribution in [3.05, 3.63) is 35.9 Å². The molecule has 1 unspecified atom stereocenters. The van der Waals surface area contributed by atoms with Crippen molar-refractivity contribution in [2.75, 3.05) is 19.8 Å². The Kier molecular flexibility index (Phi) is 10.6. The standard InChI is InChI=1S/C20H32N4O5S/c1-5-10-16(24-19(26)17(21-3)13-30(28,29)22-4)18(25)20(27)23-15(6-2)14-11-8-7-9-12-14/h7-9,11-12,15-17,21-22H,5-6,10,13H2,1-4H3,(H,23,27)(H,24,26)/t15-,16?,17+/m1/s1. The van der Waals surface area contributed by atoms with Gasteiger partial charge < -0.3 is 16.0 Å². The van der Waals surface area contributed by atoms with Crippen LogP contribution in [0, 0.1) is 0 Å². The molecule has 168 valence electrons. The predicted octanol–water partition coefficient (Wildman–Crippen LogP) is 0.245.